The van der Waals surface area contributed by atoms with Crippen molar-refractivity contribution < 1.29 is 32.3 Å². The Kier molecular flexibility index (Phi) is 3.84. The van der Waals surface area contributed by atoms with E-state index in [0.29, 0.717) is 18.6 Å². The Labute approximate surface area is 170 Å². The van der Waals surface area contributed by atoms with E-state index in [1.165, 1.54) is 18.1 Å². The van der Waals surface area contributed by atoms with Gasteiger partial charge in [-0.05, 0) is 25.1 Å². The molecule has 4 fully saturated rings. The fourth-order valence-corrected chi connectivity index (χ4v) is 5.70. The molecule has 10 heteroatoms. The molecule has 0 unspecified atom stereocenters. The van der Waals surface area contributed by atoms with E-state index in [1.807, 2.05) is 6.92 Å². The van der Waals surface area contributed by atoms with Crippen LogP contribution in [0.1, 0.15) is 30.9 Å². The molecule has 0 N–H and O–H groups in total. The second kappa shape index (κ2) is 5.95. The van der Waals surface area contributed by atoms with E-state index in [9.17, 15) is 18.0 Å². The molecule has 158 valence electrons. The first kappa shape index (κ1) is 19.3. The van der Waals surface area contributed by atoms with E-state index < -0.39 is 46.6 Å². The van der Waals surface area contributed by atoms with Gasteiger partial charge in [-0.15, -0.1) is 0 Å². The third kappa shape index (κ3) is 2.27. The fraction of sp³-hybridized carbons (Fsp3) is 0.550. The van der Waals surface area contributed by atoms with Gasteiger partial charge in [0.2, 0.25) is 5.91 Å². The van der Waals surface area contributed by atoms with Crippen molar-refractivity contribution >= 4 is 17.3 Å². The minimum Gasteiger partial charge on any atom is -0.399 e. The summed E-state index contributed by atoms with van der Waals surface area (Å²) in [5.41, 5.74) is -2.49. The van der Waals surface area contributed by atoms with E-state index in [1.54, 1.807) is 6.07 Å². The maximum absolute atomic E-state index is 13.5. The maximum Gasteiger partial charge on any atom is 0.417 e. The van der Waals surface area contributed by atoms with Crippen molar-refractivity contribution in [3.05, 3.63) is 29.3 Å². The van der Waals surface area contributed by atoms with E-state index in [-0.39, 0.29) is 18.2 Å². The van der Waals surface area contributed by atoms with Crippen LogP contribution in [0.5, 0.6) is 0 Å². The average molecular weight is 421 g/mol. The third-order valence-corrected chi connectivity index (χ3v) is 6.71. The first-order valence-electron chi connectivity index (χ1n) is 9.53. The molecule has 0 aromatic heterocycles. The Morgan fingerprint density at radius 1 is 1.40 bits per heavy atom. The first-order chi connectivity index (χ1) is 14.2. The minimum atomic E-state index is -4.72. The number of carbonyl (C=O) groups excluding carboxylic acids is 1. The van der Waals surface area contributed by atoms with E-state index in [4.69, 9.17) is 19.6 Å². The maximum atomic E-state index is 13.5. The molecule has 4 heterocycles. The Balaban J connectivity index is 1.62. The number of rotatable bonds is 2. The summed E-state index contributed by atoms with van der Waals surface area (Å²) in [7, 11) is 1.44. The minimum absolute atomic E-state index is 0.0519. The second-order valence-electron chi connectivity index (χ2n) is 8.26. The van der Waals surface area contributed by atoms with Crippen LogP contribution in [-0.2, 0) is 25.3 Å². The molecular weight excluding hydrogens is 403 g/mol. The van der Waals surface area contributed by atoms with E-state index in [0.717, 1.165) is 12.1 Å². The monoisotopic (exact) mass is 421 g/mol. The molecule has 4 aliphatic heterocycles. The van der Waals surface area contributed by atoms with Gasteiger partial charge in [0.15, 0.2) is 0 Å². The van der Waals surface area contributed by atoms with Crippen molar-refractivity contribution in [3.63, 3.8) is 0 Å². The Morgan fingerprint density at radius 2 is 2.17 bits per heavy atom. The van der Waals surface area contributed by atoms with Crippen molar-refractivity contribution in [2.75, 3.05) is 18.6 Å². The van der Waals surface area contributed by atoms with Gasteiger partial charge in [0.25, 0.3) is 0 Å². The summed E-state index contributed by atoms with van der Waals surface area (Å²) in [5, 5.41) is 13.2. The average Bonchev–Trinajstić information content (AvgIpc) is 3.25. The van der Waals surface area contributed by atoms with Crippen LogP contribution < -0.4 is 4.90 Å². The zero-order valence-electron chi connectivity index (χ0n) is 16.2. The SMILES string of the molecule is CON=C1C[C@@]2(C)O[C@@]13CCO[C@H]1[C@@H]3[C@@H]2C(=O)N1c1ccc(C#N)c(C(F)(F)F)c1. The number of oxime groups is 1. The highest BCUT2D eigenvalue weighted by Gasteiger charge is 2.77. The smallest absolute Gasteiger partial charge is 0.399 e. The highest BCUT2D eigenvalue weighted by molar-refractivity contribution is 6.06. The molecule has 1 aromatic carbocycles. The lowest BCUT2D eigenvalue weighted by Crippen LogP contribution is -2.55. The lowest BCUT2D eigenvalue weighted by molar-refractivity contribution is -0.138. The summed E-state index contributed by atoms with van der Waals surface area (Å²) in [4.78, 5) is 19.7. The van der Waals surface area contributed by atoms with Crippen molar-refractivity contribution in [1.82, 2.24) is 0 Å². The van der Waals surface area contributed by atoms with Crippen LogP contribution in [0.3, 0.4) is 0 Å². The largest absolute Gasteiger partial charge is 0.417 e. The number of fused-ring (bicyclic) bond motifs is 2. The molecule has 4 saturated heterocycles. The van der Waals surface area contributed by atoms with Crippen LogP contribution in [0.2, 0.25) is 0 Å². The highest BCUT2D eigenvalue weighted by Crippen LogP contribution is 2.64. The first-order valence-corrected chi connectivity index (χ1v) is 9.53. The van der Waals surface area contributed by atoms with Crippen LogP contribution in [-0.4, -0.2) is 42.8 Å². The molecule has 5 rings (SSSR count). The summed E-state index contributed by atoms with van der Waals surface area (Å²) in [6, 6.07) is 4.84. The van der Waals surface area contributed by atoms with Crippen LogP contribution >= 0.6 is 0 Å². The number of hydrogen-bond acceptors (Lipinski definition) is 6. The molecule has 4 aliphatic rings. The number of benzene rings is 1. The fourth-order valence-electron chi connectivity index (χ4n) is 5.70. The number of halogens is 3. The predicted molar refractivity (Wildman–Crippen MR) is 96.3 cm³/mol. The number of nitrogens with zero attached hydrogens (tertiary/aromatic N) is 3. The zero-order valence-corrected chi connectivity index (χ0v) is 16.2. The Morgan fingerprint density at radius 3 is 2.83 bits per heavy atom. The van der Waals surface area contributed by atoms with Gasteiger partial charge in [-0.3, -0.25) is 9.69 Å². The molecule has 1 amide bonds. The van der Waals surface area contributed by atoms with Crippen molar-refractivity contribution in [3.8, 4) is 6.07 Å². The van der Waals surface area contributed by atoms with Gasteiger partial charge in [0.1, 0.15) is 18.9 Å². The lowest BCUT2D eigenvalue weighted by Gasteiger charge is -2.41. The molecular formula is C20H18F3N3O4. The summed E-state index contributed by atoms with van der Waals surface area (Å²) < 4.78 is 52.7. The number of nitriles is 1. The van der Waals surface area contributed by atoms with Crippen molar-refractivity contribution in [2.24, 2.45) is 17.0 Å². The second-order valence-corrected chi connectivity index (χ2v) is 8.26. The summed E-state index contributed by atoms with van der Waals surface area (Å²) in [5.74, 6) is -1.31. The lowest BCUT2D eigenvalue weighted by atomic mass is 9.65. The van der Waals surface area contributed by atoms with Crippen molar-refractivity contribution in [1.29, 1.82) is 5.26 Å². The molecule has 0 aliphatic carbocycles. The summed E-state index contributed by atoms with van der Waals surface area (Å²) >= 11 is 0. The Hall–Kier alpha value is -2.64. The van der Waals surface area contributed by atoms with Gasteiger partial charge in [-0.1, -0.05) is 5.16 Å². The highest BCUT2D eigenvalue weighted by atomic mass is 19.4. The number of carbonyl (C=O) groups is 1. The van der Waals surface area contributed by atoms with E-state index in [2.05, 4.69) is 5.16 Å². The topological polar surface area (TPSA) is 84.2 Å². The summed E-state index contributed by atoms with van der Waals surface area (Å²) in [6.07, 6.45) is -4.60. The van der Waals surface area contributed by atoms with Crippen LogP contribution in [0, 0.1) is 23.2 Å². The number of hydrogen-bond donors (Lipinski definition) is 0. The number of alkyl halides is 3. The van der Waals surface area contributed by atoms with Gasteiger partial charge < -0.3 is 14.3 Å². The van der Waals surface area contributed by atoms with Gasteiger partial charge in [0, 0.05) is 18.5 Å². The third-order valence-electron chi connectivity index (χ3n) is 6.71. The number of amides is 1. The molecule has 2 bridgehead atoms. The van der Waals surface area contributed by atoms with Crippen molar-refractivity contribution in [2.45, 2.75) is 43.4 Å². The molecule has 0 saturated carbocycles. The van der Waals surface area contributed by atoms with Gasteiger partial charge in [0.05, 0.1) is 47.0 Å². The molecule has 30 heavy (non-hydrogen) atoms. The number of anilines is 1. The van der Waals surface area contributed by atoms with Crippen LogP contribution in [0.15, 0.2) is 23.4 Å². The molecule has 5 atom stereocenters. The molecule has 1 aromatic rings. The van der Waals surface area contributed by atoms with Gasteiger partial charge in [-0.25, -0.2) is 0 Å². The van der Waals surface area contributed by atoms with Gasteiger partial charge >= 0.3 is 6.18 Å². The van der Waals surface area contributed by atoms with E-state index >= 15 is 0 Å². The molecule has 1 spiro atoms. The van der Waals surface area contributed by atoms with Gasteiger partial charge in [-0.2, -0.15) is 18.4 Å². The standard InChI is InChI=1S/C20H18F3N3O4/c1-18-8-13(25-28-2)19(30-18)5-6-29-17-15(19)14(18)16(27)26(17)11-4-3-10(9-24)12(7-11)20(21,22)23/h3-4,7,14-15,17H,5-6,8H2,1-2H3/t14-,15+,17+,18-,19+/m1/s1. The molecule has 7 nitrogen and oxygen atoms in total. The summed E-state index contributed by atoms with van der Waals surface area (Å²) in [6.45, 7) is 2.09. The Bertz CT molecular complexity index is 1020. The quantitative estimate of drug-likeness (QED) is 0.686. The normalized spacial score (nSPS) is 38.1. The number of ether oxygens (including phenoxy) is 2. The van der Waals surface area contributed by atoms with Crippen LogP contribution in [0.25, 0.3) is 0 Å². The zero-order chi connectivity index (χ0) is 21.5. The predicted octanol–water partition coefficient (Wildman–Crippen LogP) is 2.84. The van der Waals surface area contributed by atoms with Crippen LogP contribution in [0.4, 0.5) is 18.9 Å². The molecule has 0 radical (unpaired) electrons.